The third kappa shape index (κ3) is 3.96. The monoisotopic (exact) mass is 344 g/mol. The lowest BCUT2D eigenvalue weighted by atomic mass is 9.74. The van der Waals surface area contributed by atoms with E-state index in [9.17, 15) is 23.1 Å². The van der Waals surface area contributed by atoms with E-state index in [-0.39, 0.29) is 12.0 Å². The number of halogens is 3. The van der Waals surface area contributed by atoms with E-state index in [0.29, 0.717) is 18.4 Å². The van der Waals surface area contributed by atoms with Crippen molar-refractivity contribution in [3.63, 3.8) is 0 Å². The third-order valence-electron chi connectivity index (χ3n) is 4.16. The van der Waals surface area contributed by atoms with E-state index in [1.165, 1.54) is 19.2 Å². The summed E-state index contributed by atoms with van der Waals surface area (Å²) in [6.07, 6.45) is -3.82. The van der Waals surface area contributed by atoms with Gasteiger partial charge in [0.25, 0.3) is 0 Å². The minimum atomic E-state index is -4.40. The van der Waals surface area contributed by atoms with Gasteiger partial charge in [0.2, 0.25) is 0 Å². The Bertz CT molecular complexity index is 603. The van der Waals surface area contributed by atoms with Gasteiger partial charge in [-0.1, -0.05) is 18.7 Å². The zero-order chi connectivity index (χ0) is 18.0. The lowest BCUT2D eigenvalue weighted by Crippen LogP contribution is -2.40. The first-order valence-corrected chi connectivity index (χ1v) is 7.48. The van der Waals surface area contributed by atoms with E-state index in [4.69, 9.17) is 4.74 Å². The molecule has 1 aliphatic carbocycles. The molecule has 132 valence electrons. The van der Waals surface area contributed by atoms with Crippen LogP contribution in [0.2, 0.25) is 0 Å². The fourth-order valence-corrected chi connectivity index (χ4v) is 2.68. The standard InChI is InChI=1S/C17H19F3O4/c1-11(15(22)23-2)10-14(21)24-16(8-3-9-16)12-4-6-13(7-5-12)17(18,19)20/h4-7,14,21H,1,3,8-10H2,2H3. The van der Waals surface area contributed by atoms with Gasteiger partial charge in [0, 0.05) is 12.0 Å². The predicted molar refractivity (Wildman–Crippen MR) is 79.8 cm³/mol. The van der Waals surface area contributed by atoms with Crippen LogP contribution in [0.1, 0.15) is 36.8 Å². The van der Waals surface area contributed by atoms with Crippen molar-refractivity contribution in [3.05, 3.63) is 47.5 Å². The minimum absolute atomic E-state index is 0.0619. The van der Waals surface area contributed by atoms with Gasteiger partial charge in [-0.15, -0.1) is 0 Å². The second kappa shape index (κ2) is 6.94. The van der Waals surface area contributed by atoms with Gasteiger partial charge < -0.3 is 14.6 Å². The first-order chi connectivity index (χ1) is 11.2. The topological polar surface area (TPSA) is 55.8 Å². The first-order valence-electron chi connectivity index (χ1n) is 7.48. The molecule has 1 aromatic carbocycles. The van der Waals surface area contributed by atoms with Crippen LogP contribution in [0.15, 0.2) is 36.4 Å². The van der Waals surface area contributed by atoms with Crippen LogP contribution in [0.4, 0.5) is 13.2 Å². The minimum Gasteiger partial charge on any atom is -0.466 e. The Kier molecular flexibility index (Phi) is 5.35. The molecule has 0 saturated heterocycles. The first kappa shape index (κ1) is 18.5. The summed E-state index contributed by atoms with van der Waals surface area (Å²) in [7, 11) is 1.20. The maximum Gasteiger partial charge on any atom is 0.416 e. The molecule has 1 fully saturated rings. The fraction of sp³-hybridized carbons (Fsp3) is 0.471. The molecule has 0 bridgehead atoms. The summed E-state index contributed by atoms with van der Waals surface area (Å²) >= 11 is 0. The SMILES string of the molecule is C=C(CC(O)OC1(c2ccc(C(F)(F)F)cc2)CCC1)C(=O)OC. The molecule has 24 heavy (non-hydrogen) atoms. The Morgan fingerprint density at radius 1 is 1.33 bits per heavy atom. The molecular formula is C17H19F3O4. The van der Waals surface area contributed by atoms with Crippen LogP contribution in [0.3, 0.4) is 0 Å². The summed E-state index contributed by atoms with van der Waals surface area (Å²) < 4.78 is 48.1. The molecule has 0 heterocycles. The number of aliphatic hydroxyl groups is 1. The quantitative estimate of drug-likeness (QED) is 0.487. The summed E-state index contributed by atoms with van der Waals surface area (Å²) in [6, 6.07) is 4.73. The second-order valence-corrected chi connectivity index (χ2v) is 5.79. The summed E-state index contributed by atoms with van der Waals surface area (Å²) in [5, 5.41) is 10.0. The van der Waals surface area contributed by atoms with Crippen molar-refractivity contribution in [2.45, 2.75) is 43.8 Å². The summed E-state index contributed by atoms with van der Waals surface area (Å²) in [5.74, 6) is -0.644. The molecule has 1 N–H and O–H groups in total. The van der Waals surface area contributed by atoms with Crippen molar-refractivity contribution in [2.24, 2.45) is 0 Å². The molecule has 0 radical (unpaired) electrons. The maximum absolute atomic E-state index is 12.7. The highest BCUT2D eigenvalue weighted by Crippen LogP contribution is 2.46. The van der Waals surface area contributed by atoms with Gasteiger partial charge in [-0.25, -0.2) is 4.79 Å². The average molecular weight is 344 g/mol. The zero-order valence-electron chi connectivity index (χ0n) is 13.2. The number of benzene rings is 1. The third-order valence-corrected chi connectivity index (χ3v) is 4.16. The zero-order valence-corrected chi connectivity index (χ0v) is 13.2. The maximum atomic E-state index is 12.7. The van der Waals surface area contributed by atoms with Crippen molar-refractivity contribution >= 4 is 5.97 Å². The summed E-state index contributed by atoms with van der Waals surface area (Å²) in [5.41, 5.74) is -0.934. The number of ether oxygens (including phenoxy) is 2. The van der Waals surface area contributed by atoms with Crippen LogP contribution in [0, 0.1) is 0 Å². The number of hydrogen-bond acceptors (Lipinski definition) is 4. The van der Waals surface area contributed by atoms with E-state index in [2.05, 4.69) is 11.3 Å². The summed E-state index contributed by atoms with van der Waals surface area (Å²) in [6.45, 7) is 3.51. The Morgan fingerprint density at radius 2 is 1.92 bits per heavy atom. The summed E-state index contributed by atoms with van der Waals surface area (Å²) in [4.78, 5) is 11.3. The van der Waals surface area contributed by atoms with Crippen molar-refractivity contribution in [1.82, 2.24) is 0 Å². The molecule has 0 aromatic heterocycles. The molecule has 1 unspecified atom stereocenters. The Morgan fingerprint density at radius 3 is 2.33 bits per heavy atom. The van der Waals surface area contributed by atoms with Gasteiger partial charge in [0.15, 0.2) is 6.29 Å². The van der Waals surface area contributed by atoms with Crippen LogP contribution in [-0.4, -0.2) is 24.5 Å². The normalized spacial score (nSPS) is 17.7. The molecule has 2 rings (SSSR count). The average Bonchev–Trinajstić information content (AvgIpc) is 2.49. The highest BCUT2D eigenvalue weighted by molar-refractivity contribution is 5.87. The number of rotatable bonds is 6. The molecule has 1 saturated carbocycles. The smallest absolute Gasteiger partial charge is 0.416 e. The number of aliphatic hydroxyl groups excluding tert-OH is 1. The van der Waals surface area contributed by atoms with Crippen LogP contribution >= 0.6 is 0 Å². The van der Waals surface area contributed by atoms with Crippen LogP contribution in [-0.2, 0) is 26.0 Å². The lowest BCUT2D eigenvalue weighted by Gasteiger charge is -2.43. The predicted octanol–water partition coefficient (Wildman–Crippen LogP) is 3.54. The van der Waals surface area contributed by atoms with E-state index in [1.807, 2.05) is 0 Å². The molecule has 1 aliphatic rings. The number of methoxy groups -OCH3 is 1. The molecule has 1 atom stereocenters. The van der Waals surface area contributed by atoms with E-state index < -0.39 is 29.6 Å². The molecular weight excluding hydrogens is 325 g/mol. The van der Waals surface area contributed by atoms with Crippen molar-refractivity contribution in [2.75, 3.05) is 7.11 Å². The molecule has 4 nitrogen and oxygen atoms in total. The number of alkyl halides is 3. The van der Waals surface area contributed by atoms with Crippen molar-refractivity contribution in [1.29, 1.82) is 0 Å². The second-order valence-electron chi connectivity index (χ2n) is 5.79. The van der Waals surface area contributed by atoms with Gasteiger partial charge in [-0.05, 0) is 37.0 Å². The molecule has 0 aliphatic heterocycles. The van der Waals surface area contributed by atoms with Crippen molar-refractivity contribution < 1.29 is 32.5 Å². The fourth-order valence-electron chi connectivity index (χ4n) is 2.68. The highest BCUT2D eigenvalue weighted by Gasteiger charge is 2.42. The van der Waals surface area contributed by atoms with E-state index in [0.717, 1.165) is 18.6 Å². The Labute approximate surface area is 137 Å². The van der Waals surface area contributed by atoms with Crippen LogP contribution in [0.25, 0.3) is 0 Å². The molecule has 7 heteroatoms. The highest BCUT2D eigenvalue weighted by atomic mass is 19.4. The van der Waals surface area contributed by atoms with Gasteiger partial charge in [-0.3, -0.25) is 0 Å². The molecule has 0 spiro atoms. The van der Waals surface area contributed by atoms with E-state index in [1.54, 1.807) is 0 Å². The number of carbonyl (C=O) groups is 1. The lowest BCUT2D eigenvalue weighted by molar-refractivity contribution is -0.219. The van der Waals surface area contributed by atoms with Crippen LogP contribution < -0.4 is 0 Å². The van der Waals surface area contributed by atoms with Gasteiger partial charge in [0.1, 0.15) is 0 Å². The van der Waals surface area contributed by atoms with Gasteiger partial charge in [0.05, 0.1) is 18.3 Å². The molecule has 1 aromatic rings. The van der Waals surface area contributed by atoms with Gasteiger partial charge in [-0.2, -0.15) is 13.2 Å². The largest absolute Gasteiger partial charge is 0.466 e. The van der Waals surface area contributed by atoms with E-state index >= 15 is 0 Å². The van der Waals surface area contributed by atoms with Gasteiger partial charge >= 0.3 is 12.1 Å². The van der Waals surface area contributed by atoms with Crippen molar-refractivity contribution in [3.8, 4) is 0 Å². The van der Waals surface area contributed by atoms with Crippen LogP contribution in [0.5, 0.6) is 0 Å². The number of esters is 1. The number of hydrogen-bond donors (Lipinski definition) is 1. The Hall–Kier alpha value is -1.86. The Balaban J connectivity index is 2.09. The molecule has 0 amide bonds. The number of carbonyl (C=O) groups excluding carboxylic acids is 1.